The van der Waals surface area contributed by atoms with E-state index in [9.17, 15) is 9.18 Å². The zero-order valence-electron chi connectivity index (χ0n) is 18.0. The van der Waals surface area contributed by atoms with E-state index in [1.165, 1.54) is 0 Å². The molecule has 1 aliphatic rings. The minimum atomic E-state index is -0.521. The standard InChI is InChI=1S/C25H23FN6O/c26-17-19-6-7-24(28-18-19)30-12-14-31(15-13-30)25(33)22-16-23(20-8-10-27-11-9-20)32(29-22)21-4-2-1-3-5-21/h1-11,16,18H,12-15,17H2. The van der Waals surface area contributed by atoms with Crippen molar-refractivity contribution in [2.24, 2.45) is 0 Å². The Morgan fingerprint density at radius 1 is 0.939 bits per heavy atom. The molecule has 5 rings (SSSR count). The molecule has 0 unspecified atom stereocenters. The number of aromatic nitrogens is 4. The first-order chi connectivity index (χ1) is 16.2. The zero-order valence-corrected chi connectivity index (χ0v) is 18.0. The van der Waals surface area contributed by atoms with E-state index in [0.717, 1.165) is 22.8 Å². The van der Waals surface area contributed by atoms with Gasteiger partial charge in [0.05, 0.1) is 11.4 Å². The summed E-state index contributed by atoms with van der Waals surface area (Å²) in [7, 11) is 0. The lowest BCUT2D eigenvalue weighted by molar-refractivity contribution is 0.0740. The van der Waals surface area contributed by atoms with Gasteiger partial charge in [0.25, 0.3) is 5.91 Å². The van der Waals surface area contributed by atoms with E-state index < -0.39 is 6.67 Å². The Kier molecular flexibility index (Phi) is 5.80. The summed E-state index contributed by atoms with van der Waals surface area (Å²) in [5, 5.41) is 4.67. The first-order valence-electron chi connectivity index (χ1n) is 10.8. The number of piperazine rings is 1. The van der Waals surface area contributed by atoms with Crippen molar-refractivity contribution in [3.05, 3.63) is 90.5 Å². The van der Waals surface area contributed by atoms with Crippen LogP contribution in [0.5, 0.6) is 0 Å². The van der Waals surface area contributed by atoms with Gasteiger partial charge in [-0.25, -0.2) is 14.1 Å². The van der Waals surface area contributed by atoms with Gasteiger partial charge in [0.1, 0.15) is 12.5 Å². The Balaban J connectivity index is 1.36. The van der Waals surface area contributed by atoms with Crippen molar-refractivity contribution in [1.29, 1.82) is 0 Å². The van der Waals surface area contributed by atoms with Gasteiger partial charge in [0.15, 0.2) is 5.69 Å². The number of nitrogens with zero attached hydrogens (tertiary/aromatic N) is 6. The van der Waals surface area contributed by atoms with Crippen LogP contribution in [0, 0.1) is 0 Å². The van der Waals surface area contributed by atoms with Gasteiger partial charge >= 0.3 is 0 Å². The van der Waals surface area contributed by atoms with E-state index in [4.69, 9.17) is 0 Å². The van der Waals surface area contributed by atoms with Crippen molar-refractivity contribution < 1.29 is 9.18 Å². The zero-order chi connectivity index (χ0) is 22.6. The van der Waals surface area contributed by atoms with Crippen molar-refractivity contribution in [3.8, 4) is 16.9 Å². The van der Waals surface area contributed by atoms with Crippen LogP contribution in [0.15, 0.2) is 79.3 Å². The smallest absolute Gasteiger partial charge is 0.274 e. The number of halogens is 1. The molecule has 4 heterocycles. The quantitative estimate of drug-likeness (QED) is 0.471. The van der Waals surface area contributed by atoms with Crippen molar-refractivity contribution in [2.75, 3.05) is 31.1 Å². The van der Waals surface area contributed by atoms with Gasteiger partial charge in [-0.15, -0.1) is 0 Å². The van der Waals surface area contributed by atoms with Gasteiger partial charge < -0.3 is 9.80 Å². The summed E-state index contributed by atoms with van der Waals surface area (Å²) < 4.78 is 14.5. The van der Waals surface area contributed by atoms with Gasteiger partial charge in [-0.2, -0.15) is 5.10 Å². The molecule has 0 atom stereocenters. The molecule has 0 aliphatic carbocycles. The molecule has 0 radical (unpaired) electrons. The molecule has 7 nitrogen and oxygen atoms in total. The van der Waals surface area contributed by atoms with Crippen LogP contribution in [0.1, 0.15) is 16.1 Å². The SMILES string of the molecule is O=C(c1cc(-c2ccncc2)n(-c2ccccc2)n1)N1CCN(c2ccc(CF)cn2)CC1. The maximum Gasteiger partial charge on any atom is 0.274 e. The minimum absolute atomic E-state index is 0.0969. The van der Waals surface area contributed by atoms with Crippen LogP contribution >= 0.6 is 0 Å². The normalized spacial score (nSPS) is 13.8. The summed E-state index contributed by atoms with van der Waals surface area (Å²) in [6.07, 6.45) is 5.02. The van der Waals surface area contributed by atoms with Crippen LogP contribution in [0.2, 0.25) is 0 Å². The van der Waals surface area contributed by atoms with E-state index in [-0.39, 0.29) is 5.91 Å². The molecule has 1 amide bonds. The molecule has 166 valence electrons. The fraction of sp³-hybridized carbons (Fsp3) is 0.200. The highest BCUT2D eigenvalue weighted by Crippen LogP contribution is 2.25. The van der Waals surface area contributed by atoms with E-state index in [1.54, 1.807) is 29.3 Å². The van der Waals surface area contributed by atoms with Crippen molar-refractivity contribution >= 4 is 11.7 Å². The lowest BCUT2D eigenvalue weighted by Gasteiger charge is -2.35. The highest BCUT2D eigenvalue weighted by molar-refractivity contribution is 5.94. The average Bonchev–Trinajstić information content (AvgIpc) is 3.35. The molecule has 1 aliphatic heterocycles. The monoisotopic (exact) mass is 442 g/mol. The number of pyridine rings is 2. The van der Waals surface area contributed by atoms with Crippen LogP contribution in [0.4, 0.5) is 10.2 Å². The Labute approximate surface area is 191 Å². The van der Waals surface area contributed by atoms with Crippen LogP contribution in [-0.2, 0) is 6.67 Å². The number of carbonyl (C=O) groups excluding carboxylic acids is 1. The summed E-state index contributed by atoms with van der Waals surface area (Å²) in [6, 6.07) is 19.0. The Hall–Kier alpha value is -4.07. The summed E-state index contributed by atoms with van der Waals surface area (Å²) in [5.74, 6) is 0.702. The third-order valence-corrected chi connectivity index (χ3v) is 5.76. The van der Waals surface area contributed by atoms with E-state index in [2.05, 4.69) is 20.0 Å². The Morgan fingerprint density at radius 2 is 1.70 bits per heavy atom. The maximum absolute atomic E-state index is 13.3. The number of anilines is 1. The summed E-state index contributed by atoms with van der Waals surface area (Å²) in [5.41, 5.74) is 3.63. The van der Waals surface area contributed by atoms with E-state index >= 15 is 0 Å². The number of alkyl halides is 1. The molecule has 3 aromatic heterocycles. The van der Waals surface area contributed by atoms with Gasteiger partial charge in [-0.05, 0) is 36.4 Å². The predicted molar refractivity (Wildman–Crippen MR) is 124 cm³/mol. The van der Waals surface area contributed by atoms with Crippen molar-refractivity contribution in [1.82, 2.24) is 24.6 Å². The molecule has 0 saturated carbocycles. The Morgan fingerprint density at radius 3 is 2.36 bits per heavy atom. The van der Waals surface area contributed by atoms with Crippen molar-refractivity contribution in [3.63, 3.8) is 0 Å². The third-order valence-electron chi connectivity index (χ3n) is 5.76. The summed E-state index contributed by atoms with van der Waals surface area (Å²) in [4.78, 5) is 25.7. The number of hydrogen-bond acceptors (Lipinski definition) is 5. The summed E-state index contributed by atoms with van der Waals surface area (Å²) >= 11 is 0. The second kappa shape index (κ2) is 9.20. The van der Waals surface area contributed by atoms with E-state index in [1.807, 2.05) is 59.5 Å². The Bertz CT molecular complexity index is 1160. The molecule has 4 aromatic rings. The van der Waals surface area contributed by atoms with Crippen molar-refractivity contribution in [2.45, 2.75) is 6.67 Å². The molecule has 1 fully saturated rings. The molecule has 33 heavy (non-hydrogen) atoms. The topological polar surface area (TPSA) is 67.2 Å². The summed E-state index contributed by atoms with van der Waals surface area (Å²) in [6.45, 7) is 1.92. The van der Waals surface area contributed by atoms with Gasteiger partial charge in [-0.1, -0.05) is 24.3 Å². The number of para-hydroxylation sites is 1. The molecule has 1 aromatic carbocycles. The maximum atomic E-state index is 13.3. The first-order valence-corrected chi connectivity index (χ1v) is 10.8. The van der Waals surface area contributed by atoms with Gasteiger partial charge in [-0.3, -0.25) is 9.78 Å². The molecule has 0 N–H and O–H groups in total. The van der Waals surface area contributed by atoms with Crippen LogP contribution in [0.3, 0.4) is 0 Å². The molecule has 0 spiro atoms. The largest absolute Gasteiger partial charge is 0.353 e. The van der Waals surface area contributed by atoms with Crippen LogP contribution in [0.25, 0.3) is 16.9 Å². The fourth-order valence-corrected chi connectivity index (χ4v) is 3.96. The lowest BCUT2D eigenvalue weighted by atomic mass is 10.1. The van der Waals surface area contributed by atoms with Crippen LogP contribution in [-0.4, -0.2) is 56.7 Å². The second-order valence-electron chi connectivity index (χ2n) is 7.84. The first kappa shape index (κ1) is 20.8. The number of amides is 1. The molecule has 8 heteroatoms. The van der Waals surface area contributed by atoms with Gasteiger partial charge in [0, 0.05) is 55.9 Å². The second-order valence-corrected chi connectivity index (χ2v) is 7.84. The third kappa shape index (κ3) is 4.32. The highest BCUT2D eigenvalue weighted by atomic mass is 19.1. The number of carbonyl (C=O) groups is 1. The number of hydrogen-bond donors (Lipinski definition) is 0. The molecule has 1 saturated heterocycles. The number of rotatable bonds is 5. The fourth-order valence-electron chi connectivity index (χ4n) is 3.96. The predicted octanol–water partition coefficient (Wildman–Crippen LogP) is 3.76. The average molecular weight is 442 g/mol. The van der Waals surface area contributed by atoms with Crippen LogP contribution < -0.4 is 4.90 Å². The van der Waals surface area contributed by atoms with E-state index in [0.29, 0.717) is 37.4 Å². The highest BCUT2D eigenvalue weighted by Gasteiger charge is 2.26. The lowest BCUT2D eigenvalue weighted by Crippen LogP contribution is -2.49. The molecular weight excluding hydrogens is 419 g/mol. The van der Waals surface area contributed by atoms with Gasteiger partial charge in [0.2, 0.25) is 0 Å². The molecular formula is C25H23FN6O. The molecule has 0 bridgehead atoms. The minimum Gasteiger partial charge on any atom is -0.353 e. The number of benzene rings is 1.